The third kappa shape index (κ3) is 3.50. The molecule has 1 aromatic rings. The van der Waals surface area contributed by atoms with E-state index in [9.17, 15) is 4.79 Å². The zero-order valence-corrected chi connectivity index (χ0v) is 10.2. The first kappa shape index (κ1) is 13.1. The lowest BCUT2D eigenvalue weighted by atomic mass is 9.85. The Balaban J connectivity index is 2.89. The van der Waals surface area contributed by atoms with Gasteiger partial charge in [0.05, 0.1) is 7.11 Å². The Morgan fingerprint density at radius 2 is 2.24 bits per heavy atom. The molecule has 0 N–H and O–H groups in total. The summed E-state index contributed by atoms with van der Waals surface area (Å²) in [7, 11) is 1.59. The molecule has 5 nitrogen and oxygen atoms in total. The van der Waals surface area contributed by atoms with Gasteiger partial charge in [0, 0.05) is 10.3 Å². The summed E-state index contributed by atoms with van der Waals surface area (Å²) in [5, 5.41) is 3.15. The molecule has 1 amide bonds. The van der Waals surface area contributed by atoms with E-state index in [-0.39, 0.29) is 0 Å². The average molecular weight is 233 g/mol. The summed E-state index contributed by atoms with van der Waals surface area (Å²) < 4.78 is 5.11. The molecule has 0 radical (unpaired) electrons. The molecule has 0 unspecified atom stereocenters. The van der Waals surface area contributed by atoms with Crippen LogP contribution in [0.2, 0.25) is 0 Å². The normalized spacial score (nSPS) is 10.5. The Bertz CT molecular complexity index is 463. The van der Waals surface area contributed by atoms with Gasteiger partial charge < -0.3 is 4.74 Å². The van der Waals surface area contributed by atoms with E-state index in [0.717, 1.165) is 11.3 Å². The number of nitrogens with zero attached hydrogens (tertiary/aromatic N) is 3. The lowest BCUT2D eigenvalue weighted by Gasteiger charge is -2.20. The van der Waals surface area contributed by atoms with Crippen LogP contribution in [0, 0.1) is 5.41 Å². The summed E-state index contributed by atoms with van der Waals surface area (Å²) in [6, 6.07) is 7.48. The van der Waals surface area contributed by atoms with Gasteiger partial charge in [-0.1, -0.05) is 26.0 Å². The quantitative estimate of drug-likeness (QED) is 0.455. The highest BCUT2D eigenvalue weighted by Gasteiger charge is 2.26. The summed E-state index contributed by atoms with van der Waals surface area (Å²) in [4.78, 5) is 14.1. The number of hydrogen-bond acceptors (Lipinski definition) is 2. The van der Waals surface area contributed by atoms with Gasteiger partial charge in [0.15, 0.2) is 0 Å². The molecular weight excluding hydrogens is 218 g/mol. The number of azide groups is 1. The Morgan fingerprint density at radius 1 is 1.53 bits per heavy atom. The van der Waals surface area contributed by atoms with Crippen LogP contribution in [0.3, 0.4) is 0 Å². The van der Waals surface area contributed by atoms with Crippen molar-refractivity contribution in [1.82, 2.24) is 0 Å². The minimum absolute atomic E-state index is 0.456. The summed E-state index contributed by atoms with van der Waals surface area (Å²) in [5.74, 6) is 0.289. The van der Waals surface area contributed by atoms with Crippen molar-refractivity contribution in [2.45, 2.75) is 20.3 Å². The lowest BCUT2D eigenvalue weighted by Crippen LogP contribution is -2.24. The first-order chi connectivity index (χ1) is 7.99. The standard InChI is InChI=1S/C12H15N3O2/c1-12(2,11(16)14-15-13)8-9-5-4-6-10(7-9)17-3/h4-7H,8H2,1-3H3. The maximum Gasteiger partial charge on any atom is 0.224 e. The molecule has 0 aliphatic carbocycles. The predicted octanol–water partition coefficient (Wildman–Crippen LogP) is 3.10. The Kier molecular flexibility index (Phi) is 4.12. The second-order valence-corrected chi connectivity index (χ2v) is 4.41. The van der Waals surface area contributed by atoms with Crippen LogP contribution in [-0.2, 0) is 11.2 Å². The molecular formula is C12H15N3O2. The highest BCUT2D eigenvalue weighted by atomic mass is 16.5. The van der Waals surface area contributed by atoms with E-state index in [0.29, 0.717) is 6.42 Å². The Labute approximate surface area is 100 Å². The van der Waals surface area contributed by atoms with E-state index < -0.39 is 11.3 Å². The van der Waals surface area contributed by atoms with Crippen LogP contribution in [0.25, 0.3) is 10.4 Å². The number of ether oxygens (including phenoxy) is 1. The highest BCUT2D eigenvalue weighted by molar-refractivity contribution is 5.82. The maximum atomic E-state index is 11.6. The molecule has 0 aliphatic heterocycles. The molecule has 1 aromatic carbocycles. The first-order valence-corrected chi connectivity index (χ1v) is 5.22. The van der Waals surface area contributed by atoms with Crippen molar-refractivity contribution in [2.24, 2.45) is 10.5 Å². The van der Waals surface area contributed by atoms with Crippen LogP contribution in [0.5, 0.6) is 5.75 Å². The predicted molar refractivity (Wildman–Crippen MR) is 64.6 cm³/mol. The van der Waals surface area contributed by atoms with Gasteiger partial charge in [-0.25, -0.2) is 0 Å². The van der Waals surface area contributed by atoms with Crippen molar-refractivity contribution in [1.29, 1.82) is 0 Å². The summed E-state index contributed by atoms with van der Waals surface area (Å²) >= 11 is 0. The first-order valence-electron chi connectivity index (χ1n) is 5.22. The van der Waals surface area contributed by atoms with Gasteiger partial charge in [-0.3, -0.25) is 4.79 Å². The van der Waals surface area contributed by atoms with Crippen molar-refractivity contribution in [3.05, 3.63) is 40.3 Å². The third-order valence-corrected chi connectivity index (χ3v) is 2.49. The van der Waals surface area contributed by atoms with Crippen molar-refractivity contribution in [2.75, 3.05) is 7.11 Å². The third-order valence-electron chi connectivity index (χ3n) is 2.49. The van der Waals surface area contributed by atoms with Crippen molar-refractivity contribution >= 4 is 5.91 Å². The van der Waals surface area contributed by atoms with Crippen LogP contribution in [-0.4, -0.2) is 13.0 Å². The molecule has 0 aromatic heterocycles. The van der Waals surface area contributed by atoms with Gasteiger partial charge in [-0.05, 0) is 34.8 Å². The van der Waals surface area contributed by atoms with Gasteiger partial charge in [-0.2, -0.15) is 0 Å². The number of amides is 1. The van der Waals surface area contributed by atoms with Gasteiger partial charge in [-0.15, -0.1) is 0 Å². The summed E-state index contributed by atoms with van der Waals surface area (Å²) in [6.45, 7) is 3.51. The number of benzene rings is 1. The van der Waals surface area contributed by atoms with Crippen LogP contribution in [0.1, 0.15) is 19.4 Å². The Morgan fingerprint density at radius 3 is 2.82 bits per heavy atom. The molecule has 0 saturated heterocycles. The number of hydrogen-bond donors (Lipinski definition) is 0. The number of carbonyl (C=O) groups excluding carboxylic acids is 1. The molecule has 0 fully saturated rings. The minimum Gasteiger partial charge on any atom is -0.497 e. The van der Waals surface area contributed by atoms with Crippen molar-refractivity contribution < 1.29 is 9.53 Å². The van der Waals surface area contributed by atoms with Crippen molar-refractivity contribution in [3.8, 4) is 5.75 Å². The van der Waals surface area contributed by atoms with Gasteiger partial charge in [0.1, 0.15) is 5.75 Å². The molecule has 0 bridgehead atoms. The highest BCUT2D eigenvalue weighted by Crippen LogP contribution is 2.25. The fourth-order valence-corrected chi connectivity index (χ4v) is 1.54. The van der Waals surface area contributed by atoms with E-state index in [1.165, 1.54) is 0 Å². The number of carbonyl (C=O) groups is 1. The Hall–Kier alpha value is -2.00. The van der Waals surface area contributed by atoms with Gasteiger partial charge in [0.2, 0.25) is 5.91 Å². The monoisotopic (exact) mass is 233 g/mol. The van der Waals surface area contributed by atoms with E-state index in [1.807, 2.05) is 24.3 Å². The van der Waals surface area contributed by atoms with E-state index in [2.05, 4.69) is 10.0 Å². The molecule has 1 rings (SSSR count). The molecule has 0 heterocycles. The second-order valence-electron chi connectivity index (χ2n) is 4.41. The number of rotatable bonds is 4. The topological polar surface area (TPSA) is 75.1 Å². The summed E-state index contributed by atoms with van der Waals surface area (Å²) in [5.41, 5.74) is 8.52. The lowest BCUT2D eigenvalue weighted by molar-refractivity contribution is -0.125. The number of methoxy groups -OCH3 is 1. The largest absolute Gasteiger partial charge is 0.497 e. The molecule has 0 aliphatic rings. The van der Waals surface area contributed by atoms with Crippen LogP contribution >= 0.6 is 0 Å². The molecule has 0 saturated carbocycles. The zero-order valence-electron chi connectivity index (χ0n) is 10.2. The SMILES string of the molecule is COc1cccc(CC(C)(C)C(=O)N=[N+]=[N-])c1. The smallest absolute Gasteiger partial charge is 0.224 e. The minimum atomic E-state index is -0.710. The maximum absolute atomic E-state index is 11.6. The fourth-order valence-electron chi connectivity index (χ4n) is 1.54. The molecule has 0 atom stereocenters. The van der Waals surface area contributed by atoms with E-state index in [1.54, 1.807) is 21.0 Å². The van der Waals surface area contributed by atoms with Crippen LogP contribution in [0.4, 0.5) is 0 Å². The molecule has 0 spiro atoms. The van der Waals surface area contributed by atoms with Crippen LogP contribution in [0.15, 0.2) is 29.4 Å². The second kappa shape index (κ2) is 5.37. The van der Waals surface area contributed by atoms with E-state index >= 15 is 0 Å². The summed E-state index contributed by atoms with van der Waals surface area (Å²) in [6.07, 6.45) is 0.502. The van der Waals surface area contributed by atoms with Crippen LogP contribution < -0.4 is 4.74 Å². The molecule has 17 heavy (non-hydrogen) atoms. The molecule has 90 valence electrons. The zero-order chi connectivity index (χ0) is 12.9. The van der Waals surface area contributed by atoms with E-state index in [4.69, 9.17) is 10.3 Å². The van der Waals surface area contributed by atoms with Gasteiger partial charge in [0.25, 0.3) is 0 Å². The van der Waals surface area contributed by atoms with Crippen molar-refractivity contribution in [3.63, 3.8) is 0 Å². The fraction of sp³-hybridized carbons (Fsp3) is 0.417. The van der Waals surface area contributed by atoms with Gasteiger partial charge >= 0.3 is 0 Å². The molecule has 5 heteroatoms. The average Bonchev–Trinajstić information content (AvgIpc) is 2.29.